The van der Waals surface area contributed by atoms with Gasteiger partial charge in [-0.25, -0.2) is 0 Å². The minimum absolute atomic E-state index is 0.0418. The number of hydrogen-bond donors (Lipinski definition) is 0. The highest BCUT2D eigenvalue weighted by Crippen LogP contribution is 2.39. The van der Waals surface area contributed by atoms with Gasteiger partial charge in [-0.05, 0) is 54.5 Å². The molecular formula is C16H19N3O2S. The molecule has 0 spiro atoms. The summed E-state index contributed by atoms with van der Waals surface area (Å²) in [6, 6.07) is 1.97. The van der Waals surface area contributed by atoms with Crippen molar-refractivity contribution in [3.05, 3.63) is 34.1 Å². The monoisotopic (exact) mass is 317 g/mol. The maximum atomic E-state index is 12.6. The van der Waals surface area contributed by atoms with Gasteiger partial charge in [0.2, 0.25) is 11.8 Å². The zero-order valence-corrected chi connectivity index (χ0v) is 13.2. The van der Waals surface area contributed by atoms with Gasteiger partial charge >= 0.3 is 0 Å². The molecular weight excluding hydrogens is 298 g/mol. The van der Waals surface area contributed by atoms with E-state index in [0.717, 1.165) is 50.0 Å². The fourth-order valence-electron chi connectivity index (χ4n) is 3.05. The lowest BCUT2D eigenvalue weighted by atomic mass is 10.0. The van der Waals surface area contributed by atoms with Crippen LogP contribution < -0.4 is 0 Å². The van der Waals surface area contributed by atoms with E-state index in [1.54, 1.807) is 11.3 Å². The van der Waals surface area contributed by atoms with Crippen molar-refractivity contribution in [2.45, 2.75) is 50.5 Å². The number of likely N-dealkylation sites (tertiary alicyclic amines) is 1. The van der Waals surface area contributed by atoms with Gasteiger partial charge in [0.05, 0.1) is 6.42 Å². The molecule has 0 radical (unpaired) electrons. The standard InChI is InChI=1S/C16H19N3O2S/c20-14(9-11-6-8-22-10-11)19-7-2-1-3-13(19)16-17-15(18-21-16)12-4-5-12/h6,8,10,12-13H,1-5,7,9H2/t13-/m0/s1. The molecule has 3 heterocycles. The number of nitrogens with zero attached hydrogens (tertiary/aromatic N) is 3. The second kappa shape index (κ2) is 5.83. The molecule has 2 aromatic heterocycles. The predicted molar refractivity (Wildman–Crippen MR) is 82.6 cm³/mol. The van der Waals surface area contributed by atoms with Crippen LogP contribution in [0, 0.1) is 0 Å². The first kappa shape index (κ1) is 13.9. The van der Waals surface area contributed by atoms with Crippen molar-refractivity contribution in [3.63, 3.8) is 0 Å². The normalized spacial score (nSPS) is 22.0. The summed E-state index contributed by atoms with van der Waals surface area (Å²) in [6.45, 7) is 0.786. The van der Waals surface area contributed by atoms with Crippen LogP contribution in [0.4, 0.5) is 0 Å². The van der Waals surface area contributed by atoms with Crippen molar-refractivity contribution in [2.75, 3.05) is 6.54 Å². The molecule has 1 saturated heterocycles. The summed E-state index contributed by atoms with van der Waals surface area (Å²) in [5.74, 6) is 2.09. The van der Waals surface area contributed by atoms with Gasteiger partial charge in [0.25, 0.3) is 0 Å². The van der Waals surface area contributed by atoms with E-state index in [-0.39, 0.29) is 11.9 Å². The van der Waals surface area contributed by atoms with Crippen LogP contribution >= 0.6 is 11.3 Å². The van der Waals surface area contributed by atoms with Crippen molar-refractivity contribution < 1.29 is 9.32 Å². The molecule has 1 aliphatic carbocycles. The van der Waals surface area contributed by atoms with Crippen molar-refractivity contribution in [1.82, 2.24) is 15.0 Å². The number of carbonyl (C=O) groups excluding carboxylic acids is 1. The zero-order valence-electron chi connectivity index (χ0n) is 12.4. The molecule has 4 rings (SSSR count). The Hall–Kier alpha value is -1.69. The van der Waals surface area contributed by atoms with E-state index in [0.29, 0.717) is 18.2 Å². The Morgan fingerprint density at radius 3 is 3.05 bits per heavy atom. The van der Waals surface area contributed by atoms with E-state index in [2.05, 4.69) is 10.1 Å². The van der Waals surface area contributed by atoms with Gasteiger partial charge in [0.15, 0.2) is 5.82 Å². The third-order valence-electron chi connectivity index (χ3n) is 4.44. The van der Waals surface area contributed by atoms with Crippen LogP contribution in [0.1, 0.15) is 61.3 Å². The second-order valence-electron chi connectivity index (χ2n) is 6.17. The summed E-state index contributed by atoms with van der Waals surface area (Å²) in [6.07, 6.45) is 5.85. The molecule has 0 unspecified atom stereocenters. The largest absolute Gasteiger partial charge is 0.337 e. The molecule has 0 aromatic carbocycles. The van der Waals surface area contributed by atoms with E-state index in [1.807, 2.05) is 21.7 Å². The Labute approximate surface area is 133 Å². The first-order valence-electron chi connectivity index (χ1n) is 7.95. The molecule has 1 aliphatic heterocycles. The lowest BCUT2D eigenvalue weighted by Crippen LogP contribution is -2.39. The second-order valence-corrected chi connectivity index (χ2v) is 6.95. The minimum atomic E-state index is -0.0418. The topological polar surface area (TPSA) is 59.2 Å². The molecule has 22 heavy (non-hydrogen) atoms. The van der Waals surface area contributed by atoms with Crippen molar-refractivity contribution in [2.24, 2.45) is 0 Å². The minimum Gasteiger partial charge on any atom is -0.337 e. The number of carbonyl (C=O) groups is 1. The quantitative estimate of drug-likeness (QED) is 0.868. The van der Waals surface area contributed by atoms with Gasteiger partial charge in [-0.3, -0.25) is 4.79 Å². The number of amides is 1. The summed E-state index contributed by atoms with van der Waals surface area (Å²) < 4.78 is 5.47. The summed E-state index contributed by atoms with van der Waals surface area (Å²) in [4.78, 5) is 19.1. The van der Waals surface area contributed by atoms with Crippen LogP contribution in [-0.4, -0.2) is 27.5 Å². The van der Waals surface area contributed by atoms with Crippen LogP contribution in [0.15, 0.2) is 21.3 Å². The van der Waals surface area contributed by atoms with E-state index in [4.69, 9.17) is 4.52 Å². The number of rotatable bonds is 4. The van der Waals surface area contributed by atoms with Crippen molar-refractivity contribution in [3.8, 4) is 0 Å². The third kappa shape index (κ3) is 2.79. The van der Waals surface area contributed by atoms with Crippen LogP contribution in [0.3, 0.4) is 0 Å². The summed E-state index contributed by atoms with van der Waals surface area (Å²) in [5, 5.41) is 8.15. The molecule has 5 nitrogen and oxygen atoms in total. The zero-order chi connectivity index (χ0) is 14.9. The highest BCUT2D eigenvalue weighted by atomic mass is 32.1. The molecule has 2 aliphatic rings. The van der Waals surface area contributed by atoms with Gasteiger partial charge in [-0.15, -0.1) is 0 Å². The molecule has 0 bridgehead atoms. The average molecular weight is 317 g/mol. The van der Waals surface area contributed by atoms with E-state index >= 15 is 0 Å². The Balaban J connectivity index is 1.51. The first-order chi connectivity index (χ1) is 10.8. The number of hydrogen-bond acceptors (Lipinski definition) is 5. The number of piperidine rings is 1. The van der Waals surface area contributed by atoms with E-state index < -0.39 is 0 Å². The molecule has 116 valence electrons. The van der Waals surface area contributed by atoms with Gasteiger partial charge < -0.3 is 9.42 Å². The number of thiophene rings is 1. The lowest BCUT2D eigenvalue weighted by molar-refractivity contribution is -0.135. The summed E-state index contributed by atoms with van der Waals surface area (Å²) >= 11 is 1.63. The van der Waals surface area contributed by atoms with Crippen LogP contribution in [-0.2, 0) is 11.2 Å². The predicted octanol–water partition coefficient (Wildman–Crippen LogP) is 3.30. The highest BCUT2D eigenvalue weighted by Gasteiger charge is 2.34. The Kier molecular flexibility index (Phi) is 3.70. The molecule has 2 fully saturated rings. The molecule has 1 atom stereocenters. The molecule has 0 N–H and O–H groups in total. The van der Waals surface area contributed by atoms with Gasteiger partial charge in [-0.2, -0.15) is 16.3 Å². The smallest absolute Gasteiger partial charge is 0.249 e. The fourth-order valence-corrected chi connectivity index (χ4v) is 3.71. The van der Waals surface area contributed by atoms with Gasteiger partial charge in [-0.1, -0.05) is 5.16 Å². The van der Waals surface area contributed by atoms with Crippen molar-refractivity contribution in [1.29, 1.82) is 0 Å². The summed E-state index contributed by atoms with van der Waals surface area (Å²) in [7, 11) is 0. The Morgan fingerprint density at radius 2 is 2.27 bits per heavy atom. The Morgan fingerprint density at radius 1 is 1.36 bits per heavy atom. The molecule has 1 saturated carbocycles. The molecule has 6 heteroatoms. The first-order valence-corrected chi connectivity index (χ1v) is 8.89. The lowest BCUT2D eigenvalue weighted by Gasteiger charge is -2.33. The number of aromatic nitrogens is 2. The Bertz CT molecular complexity index is 648. The van der Waals surface area contributed by atoms with Gasteiger partial charge in [0, 0.05) is 12.5 Å². The SMILES string of the molecule is O=C(Cc1ccsc1)N1CCCC[C@H]1c1nc(C2CC2)no1. The summed E-state index contributed by atoms with van der Waals surface area (Å²) in [5.41, 5.74) is 1.09. The van der Waals surface area contributed by atoms with Gasteiger partial charge in [0.1, 0.15) is 6.04 Å². The fraction of sp³-hybridized carbons (Fsp3) is 0.562. The van der Waals surface area contributed by atoms with Crippen LogP contribution in [0.2, 0.25) is 0 Å². The van der Waals surface area contributed by atoms with E-state index in [9.17, 15) is 4.79 Å². The average Bonchev–Trinajstić information content (AvgIpc) is 3.06. The van der Waals surface area contributed by atoms with Crippen LogP contribution in [0.25, 0.3) is 0 Å². The highest BCUT2D eigenvalue weighted by molar-refractivity contribution is 7.07. The van der Waals surface area contributed by atoms with Crippen LogP contribution in [0.5, 0.6) is 0 Å². The molecule has 2 aromatic rings. The maximum absolute atomic E-state index is 12.6. The van der Waals surface area contributed by atoms with Crippen molar-refractivity contribution >= 4 is 17.2 Å². The maximum Gasteiger partial charge on any atom is 0.249 e. The molecule has 1 amide bonds. The third-order valence-corrected chi connectivity index (χ3v) is 5.18. The van der Waals surface area contributed by atoms with E-state index in [1.165, 1.54) is 0 Å².